The molecule has 4 nitrogen and oxygen atoms in total. The van der Waals surface area contributed by atoms with Crippen molar-refractivity contribution in [3.05, 3.63) is 23.9 Å². The lowest BCUT2D eigenvalue weighted by Crippen LogP contribution is -2.20. The molecular weight excluding hydrogens is 204 g/mol. The Kier molecular flexibility index (Phi) is 3.39. The van der Waals surface area contributed by atoms with E-state index in [-0.39, 0.29) is 6.10 Å². The Balaban J connectivity index is 1.84. The van der Waals surface area contributed by atoms with Gasteiger partial charge >= 0.3 is 6.09 Å². The maximum Gasteiger partial charge on any atom is 0.413 e. The number of amides is 1. The van der Waals surface area contributed by atoms with Crippen LogP contribution < -0.4 is 5.32 Å². The molecule has 0 saturated heterocycles. The second-order valence-corrected chi connectivity index (χ2v) is 4.16. The van der Waals surface area contributed by atoms with E-state index in [9.17, 15) is 4.79 Å². The zero-order chi connectivity index (χ0) is 11.4. The molecule has 1 aliphatic rings. The zero-order valence-corrected chi connectivity index (χ0v) is 9.40. The van der Waals surface area contributed by atoms with Crippen LogP contribution in [0.25, 0.3) is 0 Å². The molecule has 0 radical (unpaired) electrons. The summed E-state index contributed by atoms with van der Waals surface area (Å²) < 4.78 is 5.26. The summed E-state index contributed by atoms with van der Waals surface area (Å²) in [5, 5.41) is 2.62. The number of nitrogens with one attached hydrogen (secondary N) is 1. The van der Waals surface area contributed by atoms with Gasteiger partial charge in [-0.05, 0) is 44.2 Å². The van der Waals surface area contributed by atoms with Gasteiger partial charge in [0.2, 0.25) is 0 Å². The smallest absolute Gasteiger partial charge is 0.413 e. The van der Waals surface area contributed by atoms with Crippen molar-refractivity contribution in [1.82, 2.24) is 4.98 Å². The Morgan fingerprint density at radius 2 is 2.19 bits per heavy atom. The third kappa shape index (κ3) is 2.95. The van der Waals surface area contributed by atoms with Crippen LogP contribution in [-0.2, 0) is 4.74 Å². The number of hydrogen-bond donors (Lipinski definition) is 1. The summed E-state index contributed by atoms with van der Waals surface area (Å²) in [5.74, 6) is 0.536. The SMILES string of the molecule is Cc1ccc(NC(=O)OC2CCCC2)nc1. The minimum atomic E-state index is -0.400. The standard InChI is InChI=1S/C12H16N2O2/c1-9-6-7-11(13-8-9)14-12(15)16-10-4-2-3-5-10/h6-8,10H,2-5H2,1H3,(H,13,14,15). The van der Waals surface area contributed by atoms with E-state index in [1.807, 2.05) is 13.0 Å². The maximum atomic E-state index is 11.5. The van der Waals surface area contributed by atoms with Gasteiger partial charge in [-0.25, -0.2) is 9.78 Å². The lowest BCUT2D eigenvalue weighted by molar-refractivity contribution is 0.114. The minimum Gasteiger partial charge on any atom is -0.446 e. The highest BCUT2D eigenvalue weighted by Gasteiger charge is 2.19. The van der Waals surface area contributed by atoms with Crippen LogP contribution in [0.15, 0.2) is 18.3 Å². The highest BCUT2D eigenvalue weighted by atomic mass is 16.6. The third-order valence-electron chi connectivity index (χ3n) is 2.72. The molecular formula is C12H16N2O2. The van der Waals surface area contributed by atoms with Crippen LogP contribution in [0, 0.1) is 6.92 Å². The normalized spacial score (nSPS) is 16.1. The number of anilines is 1. The van der Waals surface area contributed by atoms with Crippen molar-refractivity contribution in [3.8, 4) is 0 Å². The fourth-order valence-corrected chi connectivity index (χ4v) is 1.83. The number of nitrogens with zero attached hydrogens (tertiary/aromatic N) is 1. The minimum absolute atomic E-state index is 0.0884. The van der Waals surface area contributed by atoms with E-state index in [2.05, 4.69) is 10.3 Å². The van der Waals surface area contributed by atoms with Crippen molar-refractivity contribution in [2.75, 3.05) is 5.32 Å². The van der Waals surface area contributed by atoms with Gasteiger partial charge in [0, 0.05) is 6.20 Å². The predicted octanol–water partition coefficient (Wildman–Crippen LogP) is 2.88. The number of rotatable bonds is 2. The number of ether oxygens (including phenoxy) is 1. The first-order valence-corrected chi connectivity index (χ1v) is 5.64. The fraction of sp³-hybridized carbons (Fsp3) is 0.500. The van der Waals surface area contributed by atoms with E-state index in [1.165, 1.54) is 0 Å². The largest absolute Gasteiger partial charge is 0.446 e. The van der Waals surface area contributed by atoms with Gasteiger partial charge in [0.25, 0.3) is 0 Å². The number of carbonyl (C=O) groups excluding carboxylic acids is 1. The van der Waals surface area contributed by atoms with Gasteiger partial charge in [0.05, 0.1) is 0 Å². The summed E-state index contributed by atoms with van der Waals surface area (Å²) in [6.07, 6.45) is 5.67. The molecule has 0 spiro atoms. The third-order valence-corrected chi connectivity index (χ3v) is 2.72. The Hall–Kier alpha value is -1.58. The van der Waals surface area contributed by atoms with Crippen molar-refractivity contribution in [1.29, 1.82) is 0 Å². The Morgan fingerprint density at radius 1 is 1.44 bits per heavy atom. The van der Waals surface area contributed by atoms with Gasteiger partial charge in [-0.15, -0.1) is 0 Å². The monoisotopic (exact) mass is 220 g/mol. The molecule has 1 aliphatic carbocycles. The molecule has 1 amide bonds. The molecule has 1 heterocycles. The van der Waals surface area contributed by atoms with Crippen LogP contribution in [0.1, 0.15) is 31.2 Å². The Labute approximate surface area is 95.0 Å². The van der Waals surface area contributed by atoms with Gasteiger partial charge in [0.15, 0.2) is 0 Å². The van der Waals surface area contributed by atoms with Crippen LogP contribution in [-0.4, -0.2) is 17.2 Å². The number of pyridine rings is 1. The molecule has 1 fully saturated rings. The molecule has 2 rings (SSSR count). The number of aryl methyl sites for hydroxylation is 1. The first-order chi connectivity index (χ1) is 7.74. The van der Waals surface area contributed by atoms with Crippen molar-refractivity contribution in [2.45, 2.75) is 38.7 Å². The van der Waals surface area contributed by atoms with Crippen LogP contribution in [0.4, 0.5) is 10.6 Å². The van der Waals surface area contributed by atoms with E-state index < -0.39 is 6.09 Å². The first kappa shape index (κ1) is 10.9. The molecule has 1 N–H and O–H groups in total. The van der Waals surface area contributed by atoms with Gasteiger partial charge in [-0.2, -0.15) is 0 Å². The van der Waals surface area contributed by atoms with Gasteiger partial charge in [0.1, 0.15) is 11.9 Å². The Morgan fingerprint density at radius 3 is 2.81 bits per heavy atom. The lowest BCUT2D eigenvalue weighted by atomic mass is 10.3. The lowest BCUT2D eigenvalue weighted by Gasteiger charge is -2.11. The maximum absolute atomic E-state index is 11.5. The zero-order valence-electron chi connectivity index (χ0n) is 9.40. The molecule has 0 unspecified atom stereocenters. The van der Waals surface area contributed by atoms with Crippen molar-refractivity contribution < 1.29 is 9.53 Å². The van der Waals surface area contributed by atoms with E-state index in [0.717, 1.165) is 31.2 Å². The molecule has 0 aromatic carbocycles. The molecule has 0 atom stereocenters. The Bertz CT molecular complexity index is 356. The molecule has 4 heteroatoms. The molecule has 1 aromatic rings. The summed E-state index contributed by atoms with van der Waals surface area (Å²) in [5.41, 5.74) is 1.06. The summed E-state index contributed by atoms with van der Waals surface area (Å²) in [6, 6.07) is 3.67. The summed E-state index contributed by atoms with van der Waals surface area (Å²) in [4.78, 5) is 15.6. The van der Waals surface area contributed by atoms with Crippen molar-refractivity contribution in [2.24, 2.45) is 0 Å². The van der Waals surface area contributed by atoms with Crippen molar-refractivity contribution >= 4 is 11.9 Å². The predicted molar refractivity (Wildman–Crippen MR) is 61.3 cm³/mol. The van der Waals surface area contributed by atoms with Gasteiger partial charge in [-0.3, -0.25) is 5.32 Å². The molecule has 1 saturated carbocycles. The number of carbonyl (C=O) groups is 1. The van der Waals surface area contributed by atoms with Gasteiger partial charge < -0.3 is 4.74 Å². The second-order valence-electron chi connectivity index (χ2n) is 4.16. The van der Waals surface area contributed by atoms with Crippen LogP contribution >= 0.6 is 0 Å². The number of aromatic nitrogens is 1. The molecule has 1 aromatic heterocycles. The van der Waals surface area contributed by atoms with E-state index in [0.29, 0.717) is 5.82 Å². The average Bonchev–Trinajstić information content (AvgIpc) is 2.74. The van der Waals surface area contributed by atoms with E-state index in [1.54, 1.807) is 12.3 Å². The highest BCUT2D eigenvalue weighted by molar-refractivity contribution is 5.83. The van der Waals surface area contributed by atoms with E-state index in [4.69, 9.17) is 4.74 Å². The van der Waals surface area contributed by atoms with Crippen molar-refractivity contribution in [3.63, 3.8) is 0 Å². The highest BCUT2D eigenvalue weighted by Crippen LogP contribution is 2.21. The second kappa shape index (κ2) is 4.96. The summed E-state index contributed by atoms with van der Waals surface area (Å²) >= 11 is 0. The average molecular weight is 220 g/mol. The molecule has 0 bridgehead atoms. The van der Waals surface area contributed by atoms with Crippen LogP contribution in [0.3, 0.4) is 0 Å². The van der Waals surface area contributed by atoms with Crippen LogP contribution in [0.5, 0.6) is 0 Å². The topological polar surface area (TPSA) is 51.2 Å². The number of hydrogen-bond acceptors (Lipinski definition) is 3. The van der Waals surface area contributed by atoms with E-state index >= 15 is 0 Å². The molecule has 0 aliphatic heterocycles. The molecule has 16 heavy (non-hydrogen) atoms. The summed E-state index contributed by atoms with van der Waals surface area (Å²) in [7, 11) is 0. The quantitative estimate of drug-likeness (QED) is 0.833. The molecule has 86 valence electrons. The summed E-state index contributed by atoms with van der Waals surface area (Å²) in [6.45, 7) is 1.95. The fourth-order valence-electron chi connectivity index (χ4n) is 1.83. The van der Waals surface area contributed by atoms with Gasteiger partial charge in [-0.1, -0.05) is 6.07 Å². The van der Waals surface area contributed by atoms with Crippen LogP contribution in [0.2, 0.25) is 0 Å². The first-order valence-electron chi connectivity index (χ1n) is 5.64.